The van der Waals surface area contributed by atoms with Crippen LogP contribution < -0.4 is 0 Å². The molecule has 1 rings (SSSR count). The maximum absolute atomic E-state index is 12.3. The Hall–Kier alpha value is -1.84. The van der Waals surface area contributed by atoms with Crippen LogP contribution >= 0.6 is 0 Å². The number of amides is 1. The van der Waals surface area contributed by atoms with E-state index in [1.165, 1.54) is 4.90 Å². The molecule has 4 heteroatoms. The van der Waals surface area contributed by atoms with Gasteiger partial charge in [0, 0.05) is 12.1 Å². The summed E-state index contributed by atoms with van der Waals surface area (Å²) in [4.78, 5) is 24.5. The van der Waals surface area contributed by atoms with Gasteiger partial charge in [-0.3, -0.25) is 9.59 Å². The molecule has 0 unspecified atom stereocenters. The van der Waals surface area contributed by atoms with Crippen LogP contribution in [0.15, 0.2) is 24.3 Å². The molecule has 0 aliphatic carbocycles. The number of benzene rings is 1. The fourth-order valence-corrected chi connectivity index (χ4v) is 1.89. The number of nitrogens with zero attached hydrogens (tertiary/aromatic N) is 1. The minimum absolute atomic E-state index is 0.197. The van der Waals surface area contributed by atoms with E-state index in [-0.39, 0.29) is 12.5 Å². The molecule has 1 N–H and O–H groups in total. The highest BCUT2D eigenvalue weighted by Gasteiger charge is 2.19. The first-order valence-electron chi connectivity index (χ1n) is 6.19. The largest absolute Gasteiger partial charge is 0.480 e. The van der Waals surface area contributed by atoms with Gasteiger partial charge >= 0.3 is 5.97 Å². The standard InChI is InChI=1S/C14H19NO3/c1-3-9-15(10-13(16)17)14(18)12-8-6-5-7-11(12)4-2/h5-8H,3-4,9-10H2,1-2H3,(H,16,17). The Morgan fingerprint density at radius 1 is 1.22 bits per heavy atom. The summed E-state index contributed by atoms with van der Waals surface area (Å²) in [6.07, 6.45) is 1.50. The van der Waals surface area contributed by atoms with Gasteiger partial charge in [0.2, 0.25) is 0 Å². The minimum Gasteiger partial charge on any atom is -0.480 e. The van der Waals surface area contributed by atoms with Gasteiger partial charge in [-0.25, -0.2) is 0 Å². The highest BCUT2D eigenvalue weighted by atomic mass is 16.4. The van der Waals surface area contributed by atoms with E-state index < -0.39 is 5.97 Å². The number of carbonyl (C=O) groups excluding carboxylic acids is 1. The molecule has 0 heterocycles. The molecule has 0 aliphatic heterocycles. The molecule has 1 amide bonds. The first kappa shape index (κ1) is 14.2. The van der Waals surface area contributed by atoms with Crippen molar-refractivity contribution in [1.82, 2.24) is 4.90 Å². The molecule has 0 saturated carbocycles. The van der Waals surface area contributed by atoms with Crippen molar-refractivity contribution < 1.29 is 14.7 Å². The molecular formula is C14H19NO3. The fourth-order valence-electron chi connectivity index (χ4n) is 1.89. The summed E-state index contributed by atoms with van der Waals surface area (Å²) < 4.78 is 0. The van der Waals surface area contributed by atoms with Crippen LogP contribution in [0, 0.1) is 0 Å². The van der Waals surface area contributed by atoms with Gasteiger partial charge in [0.25, 0.3) is 5.91 Å². The van der Waals surface area contributed by atoms with Gasteiger partial charge in [-0.05, 0) is 24.5 Å². The molecule has 0 saturated heterocycles. The number of hydrogen-bond acceptors (Lipinski definition) is 2. The molecule has 0 aliphatic rings. The molecule has 0 fully saturated rings. The molecule has 18 heavy (non-hydrogen) atoms. The quantitative estimate of drug-likeness (QED) is 0.840. The fraction of sp³-hybridized carbons (Fsp3) is 0.429. The summed E-state index contributed by atoms with van der Waals surface area (Å²) in [5.74, 6) is -1.18. The van der Waals surface area contributed by atoms with Crippen molar-refractivity contribution in [2.45, 2.75) is 26.7 Å². The van der Waals surface area contributed by atoms with E-state index in [2.05, 4.69) is 0 Å². The number of hydrogen-bond donors (Lipinski definition) is 1. The van der Waals surface area contributed by atoms with Crippen molar-refractivity contribution in [3.63, 3.8) is 0 Å². The summed E-state index contributed by atoms with van der Waals surface area (Å²) in [5.41, 5.74) is 1.56. The zero-order valence-corrected chi connectivity index (χ0v) is 10.8. The van der Waals surface area contributed by atoms with Crippen LogP contribution in [0.1, 0.15) is 36.2 Å². The highest BCUT2D eigenvalue weighted by Crippen LogP contribution is 2.12. The molecule has 1 aromatic rings. The highest BCUT2D eigenvalue weighted by molar-refractivity contribution is 5.97. The van der Waals surface area contributed by atoms with Crippen molar-refractivity contribution in [1.29, 1.82) is 0 Å². The van der Waals surface area contributed by atoms with Crippen LogP contribution in [0.25, 0.3) is 0 Å². The lowest BCUT2D eigenvalue weighted by atomic mass is 10.0. The van der Waals surface area contributed by atoms with Gasteiger partial charge in [0.05, 0.1) is 0 Å². The monoisotopic (exact) mass is 249 g/mol. The van der Waals surface area contributed by atoms with Crippen LogP contribution in [0.3, 0.4) is 0 Å². The molecule has 0 radical (unpaired) electrons. The SMILES string of the molecule is CCCN(CC(=O)O)C(=O)c1ccccc1CC. The first-order valence-corrected chi connectivity index (χ1v) is 6.19. The first-order chi connectivity index (χ1) is 8.60. The van der Waals surface area contributed by atoms with Crippen molar-refractivity contribution in [3.8, 4) is 0 Å². The van der Waals surface area contributed by atoms with E-state index in [0.29, 0.717) is 12.1 Å². The number of rotatable bonds is 6. The maximum atomic E-state index is 12.3. The van der Waals surface area contributed by atoms with E-state index >= 15 is 0 Å². The average Bonchev–Trinajstić information content (AvgIpc) is 2.37. The number of aliphatic carboxylic acids is 1. The molecule has 98 valence electrons. The zero-order valence-electron chi connectivity index (χ0n) is 10.8. The van der Waals surface area contributed by atoms with Crippen LogP contribution in [-0.4, -0.2) is 35.0 Å². The van der Waals surface area contributed by atoms with Gasteiger partial charge in [0.1, 0.15) is 6.54 Å². The third kappa shape index (κ3) is 3.58. The van der Waals surface area contributed by atoms with Crippen LogP contribution in [0.2, 0.25) is 0 Å². The molecule has 0 bridgehead atoms. The lowest BCUT2D eigenvalue weighted by Crippen LogP contribution is -2.36. The van der Waals surface area contributed by atoms with E-state index in [1.807, 2.05) is 26.0 Å². The number of carboxylic acid groups (broad SMARTS) is 1. The Morgan fingerprint density at radius 2 is 1.89 bits per heavy atom. The summed E-state index contributed by atoms with van der Waals surface area (Å²) in [5, 5.41) is 8.84. The smallest absolute Gasteiger partial charge is 0.323 e. The van der Waals surface area contributed by atoms with E-state index in [1.54, 1.807) is 12.1 Å². The number of carbonyl (C=O) groups is 2. The van der Waals surface area contributed by atoms with Crippen molar-refractivity contribution in [2.24, 2.45) is 0 Å². The van der Waals surface area contributed by atoms with Gasteiger partial charge in [-0.1, -0.05) is 32.0 Å². The van der Waals surface area contributed by atoms with Crippen LogP contribution in [0.5, 0.6) is 0 Å². The lowest BCUT2D eigenvalue weighted by Gasteiger charge is -2.21. The van der Waals surface area contributed by atoms with Crippen molar-refractivity contribution in [2.75, 3.05) is 13.1 Å². The Morgan fingerprint density at radius 3 is 2.44 bits per heavy atom. The van der Waals surface area contributed by atoms with Gasteiger partial charge in [0.15, 0.2) is 0 Å². The Balaban J connectivity index is 2.97. The third-order valence-electron chi connectivity index (χ3n) is 2.74. The number of aryl methyl sites for hydroxylation is 1. The summed E-state index contributed by atoms with van der Waals surface area (Å²) in [6, 6.07) is 7.35. The van der Waals surface area contributed by atoms with E-state index in [9.17, 15) is 9.59 Å². The zero-order chi connectivity index (χ0) is 13.5. The molecule has 0 atom stereocenters. The third-order valence-corrected chi connectivity index (χ3v) is 2.74. The molecule has 4 nitrogen and oxygen atoms in total. The normalized spacial score (nSPS) is 10.1. The number of carboxylic acids is 1. The van der Waals surface area contributed by atoms with E-state index in [0.717, 1.165) is 18.4 Å². The second-order valence-electron chi connectivity index (χ2n) is 4.13. The molecule has 1 aromatic carbocycles. The summed E-state index contributed by atoms with van der Waals surface area (Å²) in [7, 11) is 0. The summed E-state index contributed by atoms with van der Waals surface area (Å²) >= 11 is 0. The Bertz CT molecular complexity index is 429. The van der Waals surface area contributed by atoms with Gasteiger partial charge in [-0.2, -0.15) is 0 Å². The molecule has 0 aromatic heterocycles. The Labute approximate surface area is 107 Å². The Kier molecular flexibility index (Phi) is 5.36. The second-order valence-corrected chi connectivity index (χ2v) is 4.13. The topological polar surface area (TPSA) is 57.6 Å². The van der Waals surface area contributed by atoms with Gasteiger partial charge in [-0.15, -0.1) is 0 Å². The molecular weight excluding hydrogens is 230 g/mol. The van der Waals surface area contributed by atoms with Gasteiger partial charge < -0.3 is 10.0 Å². The predicted octanol–water partition coefficient (Wildman–Crippen LogP) is 2.19. The minimum atomic E-state index is -0.981. The molecule has 0 spiro atoms. The van der Waals surface area contributed by atoms with Crippen molar-refractivity contribution in [3.05, 3.63) is 35.4 Å². The average molecular weight is 249 g/mol. The van der Waals surface area contributed by atoms with Crippen LogP contribution in [0.4, 0.5) is 0 Å². The summed E-state index contributed by atoms with van der Waals surface area (Å²) in [6.45, 7) is 4.12. The van der Waals surface area contributed by atoms with E-state index in [4.69, 9.17) is 5.11 Å². The predicted molar refractivity (Wildman–Crippen MR) is 69.7 cm³/mol. The van der Waals surface area contributed by atoms with Crippen LogP contribution in [-0.2, 0) is 11.2 Å². The van der Waals surface area contributed by atoms with Crippen molar-refractivity contribution >= 4 is 11.9 Å². The maximum Gasteiger partial charge on any atom is 0.323 e. The second kappa shape index (κ2) is 6.79. The lowest BCUT2D eigenvalue weighted by molar-refractivity contribution is -0.137.